The highest BCUT2D eigenvalue weighted by molar-refractivity contribution is 7.89. The maximum absolute atomic E-state index is 12.9. The summed E-state index contributed by atoms with van der Waals surface area (Å²) in [6.07, 6.45) is 1.35. The van der Waals surface area contributed by atoms with E-state index in [1.165, 1.54) is 9.87 Å². The lowest BCUT2D eigenvalue weighted by molar-refractivity contribution is -0.120. The predicted molar refractivity (Wildman–Crippen MR) is 119 cm³/mol. The summed E-state index contributed by atoms with van der Waals surface area (Å²) in [5.41, 5.74) is 1.93. The topological polar surface area (TPSA) is 79.0 Å². The third kappa shape index (κ3) is 5.51. The molecular weight excluding hydrogens is 414 g/mol. The minimum atomic E-state index is -3.58. The third-order valence-corrected chi connectivity index (χ3v) is 7.75. The molecule has 2 aromatic carbocycles. The van der Waals surface area contributed by atoms with Crippen molar-refractivity contribution in [2.24, 2.45) is 5.92 Å². The van der Waals surface area contributed by atoms with E-state index in [0.29, 0.717) is 19.4 Å². The van der Waals surface area contributed by atoms with E-state index in [1.54, 1.807) is 30.3 Å². The van der Waals surface area contributed by atoms with Gasteiger partial charge in [0.25, 0.3) is 0 Å². The molecule has 1 amide bonds. The Morgan fingerprint density at radius 3 is 2.42 bits per heavy atom. The number of carbonyl (C=O) groups is 1. The number of rotatable bonds is 6. The SMILES string of the molecule is O=C(Nc1ccc(CN2CCOCC2)cc1)[C@H]1CCCN(S(=O)(=O)c2ccccc2)C1. The van der Waals surface area contributed by atoms with Gasteiger partial charge in [0.1, 0.15) is 0 Å². The zero-order valence-electron chi connectivity index (χ0n) is 17.6. The van der Waals surface area contributed by atoms with Crippen LogP contribution in [-0.2, 0) is 26.1 Å². The van der Waals surface area contributed by atoms with Crippen LogP contribution in [0.2, 0.25) is 0 Å². The molecule has 2 heterocycles. The Kier molecular flexibility index (Phi) is 7.02. The van der Waals surface area contributed by atoms with E-state index in [0.717, 1.165) is 38.5 Å². The lowest BCUT2D eigenvalue weighted by Crippen LogP contribution is -2.43. The highest BCUT2D eigenvalue weighted by Crippen LogP contribution is 2.25. The van der Waals surface area contributed by atoms with E-state index in [9.17, 15) is 13.2 Å². The standard InChI is InChI=1S/C23H29N3O4S/c27-23(24-21-10-8-19(9-11-21)17-25-13-15-30-16-14-25)20-5-4-12-26(18-20)31(28,29)22-6-2-1-3-7-22/h1-3,6-11,20H,4-5,12-18H2,(H,24,27)/t20-/m0/s1. The van der Waals surface area contributed by atoms with E-state index in [-0.39, 0.29) is 23.3 Å². The van der Waals surface area contributed by atoms with Crippen LogP contribution in [0.3, 0.4) is 0 Å². The molecule has 2 aliphatic rings. The van der Waals surface area contributed by atoms with Crippen molar-refractivity contribution in [2.75, 3.05) is 44.7 Å². The van der Waals surface area contributed by atoms with Crippen LogP contribution in [0.1, 0.15) is 18.4 Å². The molecule has 1 N–H and O–H groups in total. The highest BCUT2D eigenvalue weighted by atomic mass is 32.2. The molecule has 2 saturated heterocycles. The molecule has 2 fully saturated rings. The molecule has 8 heteroatoms. The number of ether oxygens (including phenoxy) is 1. The first kappa shape index (κ1) is 22.0. The summed E-state index contributed by atoms with van der Waals surface area (Å²) in [4.78, 5) is 15.4. The smallest absolute Gasteiger partial charge is 0.243 e. The van der Waals surface area contributed by atoms with Crippen LogP contribution in [0, 0.1) is 5.92 Å². The van der Waals surface area contributed by atoms with E-state index >= 15 is 0 Å². The molecule has 7 nitrogen and oxygen atoms in total. The summed E-state index contributed by atoms with van der Waals surface area (Å²) in [7, 11) is -3.58. The van der Waals surface area contributed by atoms with E-state index in [1.807, 2.05) is 24.3 Å². The molecule has 0 aliphatic carbocycles. The second-order valence-corrected chi connectivity index (χ2v) is 10.0. The number of hydrogen-bond acceptors (Lipinski definition) is 5. The normalized spacial score (nSPS) is 21.0. The third-order valence-electron chi connectivity index (χ3n) is 5.87. The van der Waals surface area contributed by atoms with Crippen molar-refractivity contribution in [2.45, 2.75) is 24.3 Å². The number of sulfonamides is 1. The Hall–Kier alpha value is -2.26. The van der Waals surface area contributed by atoms with Gasteiger partial charge in [0.2, 0.25) is 15.9 Å². The van der Waals surface area contributed by atoms with Crippen LogP contribution in [0.4, 0.5) is 5.69 Å². The van der Waals surface area contributed by atoms with Crippen molar-refractivity contribution >= 4 is 21.6 Å². The first-order valence-electron chi connectivity index (χ1n) is 10.8. The molecule has 0 aromatic heterocycles. The molecule has 0 spiro atoms. The monoisotopic (exact) mass is 443 g/mol. The number of anilines is 1. The summed E-state index contributed by atoms with van der Waals surface area (Å²) in [5, 5.41) is 2.96. The number of benzene rings is 2. The van der Waals surface area contributed by atoms with Crippen LogP contribution >= 0.6 is 0 Å². The maximum atomic E-state index is 12.9. The molecule has 0 saturated carbocycles. The second-order valence-electron chi connectivity index (χ2n) is 8.09. The van der Waals surface area contributed by atoms with Crippen molar-refractivity contribution in [1.29, 1.82) is 0 Å². The number of hydrogen-bond donors (Lipinski definition) is 1. The molecule has 2 aliphatic heterocycles. The molecular formula is C23H29N3O4S. The van der Waals surface area contributed by atoms with Crippen molar-refractivity contribution in [3.05, 3.63) is 60.2 Å². The van der Waals surface area contributed by atoms with Gasteiger partial charge in [-0.3, -0.25) is 9.69 Å². The molecule has 2 aromatic rings. The highest BCUT2D eigenvalue weighted by Gasteiger charge is 2.33. The summed E-state index contributed by atoms with van der Waals surface area (Å²) >= 11 is 0. The molecule has 4 rings (SSSR count). The first-order valence-corrected chi connectivity index (χ1v) is 12.2. The molecule has 166 valence electrons. The summed E-state index contributed by atoms with van der Waals surface area (Å²) in [5.74, 6) is -0.492. The number of carbonyl (C=O) groups excluding carboxylic acids is 1. The Labute approximate surface area is 184 Å². The summed E-state index contributed by atoms with van der Waals surface area (Å²) < 4.78 is 32.6. The van der Waals surface area contributed by atoms with Gasteiger partial charge in [0, 0.05) is 38.4 Å². The molecule has 0 radical (unpaired) electrons. The fraction of sp³-hybridized carbons (Fsp3) is 0.435. The minimum absolute atomic E-state index is 0.131. The number of amides is 1. The number of morpholine rings is 1. The van der Waals surface area contributed by atoms with Gasteiger partial charge < -0.3 is 10.1 Å². The number of nitrogens with one attached hydrogen (secondary N) is 1. The van der Waals surface area contributed by atoms with Crippen LogP contribution < -0.4 is 5.32 Å². The van der Waals surface area contributed by atoms with Gasteiger partial charge in [0.15, 0.2) is 0 Å². The second kappa shape index (κ2) is 9.91. The summed E-state index contributed by atoms with van der Waals surface area (Å²) in [6.45, 7) is 4.92. The Balaban J connectivity index is 1.35. The van der Waals surface area contributed by atoms with Gasteiger partial charge in [0.05, 0.1) is 24.0 Å². The van der Waals surface area contributed by atoms with E-state index in [2.05, 4.69) is 10.2 Å². The quantitative estimate of drug-likeness (QED) is 0.742. The lowest BCUT2D eigenvalue weighted by Gasteiger charge is -2.31. The Bertz CT molecular complexity index is 974. The van der Waals surface area contributed by atoms with Crippen LogP contribution in [0.5, 0.6) is 0 Å². The Morgan fingerprint density at radius 2 is 1.71 bits per heavy atom. The van der Waals surface area contributed by atoms with E-state index < -0.39 is 10.0 Å². The van der Waals surface area contributed by atoms with Gasteiger partial charge >= 0.3 is 0 Å². The first-order chi connectivity index (χ1) is 15.0. The molecule has 31 heavy (non-hydrogen) atoms. The van der Waals surface area contributed by atoms with Gasteiger partial charge in [-0.2, -0.15) is 4.31 Å². The average Bonchev–Trinajstić information content (AvgIpc) is 2.82. The van der Waals surface area contributed by atoms with Gasteiger partial charge in [-0.15, -0.1) is 0 Å². The van der Waals surface area contributed by atoms with Crippen LogP contribution in [-0.4, -0.2) is 62.9 Å². The van der Waals surface area contributed by atoms with E-state index in [4.69, 9.17) is 4.74 Å². The molecule has 0 bridgehead atoms. The number of piperidine rings is 1. The molecule has 0 unspecified atom stereocenters. The van der Waals surface area contributed by atoms with Gasteiger partial charge in [-0.05, 0) is 42.7 Å². The van der Waals surface area contributed by atoms with Crippen LogP contribution in [0.15, 0.2) is 59.5 Å². The zero-order chi connectivity index (χ0) is 21.7. The van der Waals surface area contributed by atoms with Crippen molar-refractivity contribution in [1.82, 2.24) is 9.21 Å². The maximum Gasteiger partial charge on any atom is 0.243 e. The summed E-state index contributed by atoms with van der Waals surface area (Å²) in [6, 6.07) is 16.3. The van der Waals surface area contributed by atoms with Gasteiger partial charge in [-0.25, -0.2) is 8.42 Å². The minimum Gasteiger partial charge on any atom is -0.379 e. The molecule has 1 atom stereocenters. The largest absolute Gasteiger partial charge is 0.379 e. The average molecular weight is 444 g/mol. The Morgan fingerprint density at radius 1 is 1.00 bits per heavy atom. The van der Waals surface area contributed by atoms with Crippen molar-refractivity contribution < 1.29 is 17.9 Å². The van der Waals surface area contributed by atoms with Crippen molar-refractivity contribution in [3.63, 3.8) is 0 Å². The fourth-order valence-corrected chi connectivity index (χ4v) is 5.62. The predicted octanol–water partition coefficient (Wildman–Crippen LogP) is 2.56. The van der Waals surface area contributed by atoms with Crippen LogP contribution in [0.25, 0.3) is 0 Å². The van der Waals surface area contributed by atoms with Gasteiger partial charge in [-0.1, -0.05) is 30.3 Å². The fourth-order valence-electron chi connectivity index (χ4n) is 4.07. The van der Waals surface area contributed by atoms with Crippen molar-refractivity contribution in [3.8, 4) is 0 Å². The number of nitrogens with zero attached hydrogens (tertiary/aromatic N) is 2. The lowest BCUT2D eigenvalue weighted by atomic mass is 9.98. The zero-order valence-corrected chi connectivity index (χ0v) is 18.4.